The largest absolute Gasteiger partial charge is 0.396 e. The van der Waals surface area contributed by atoms with Gasteiger partial charge in [0.25, 0.3) is 0 Å². The van der Waals surface area contributed by atoms with E-state index in [1.807, 2.05) is 0 Å². The van der Waals surface area contributed by atoms with Crippen LogP contribution in [0.1, 0.15) is 33.6 Å². The molecule has 4 atom stereocenters. The molecule has 1 saturated carbocycles. The SMILES string of the molecule is CC(C)[C@H]1CC[C@@]2(C)C(CO)=C[C@@H]1[C@@H]2CO. The van der Waals surface area contributed by atoms with Gasteiger partial charge in [-0.05, 0) is 47.5 Å². The van der Waals surface area contributed by atoms with Crippen molar-refractivity contribution in [1.82, 2.24) is 0 Å². The monoisotopic (exact) mass is 224 g/mol. The topological polar surface area (TPSA) is 40.5 Å². The molecule has 2 aliphatic carbocycles. The summed E-state index contributed by atoms with van der Waals surface area (Å²) >= 11 is 0. The van der Waals surface area contributed by atoms with Crippen LogP contribution >= 0.6 is 0 Å². The number of allylic oxidation sites excluding steroid dienone is 1. The molecule has 2 N–H and O–H groups in total. The molecule has 2 rings (SSSR count). The van der Waals surface area contributed by atoms with E-state index in [0.29, 0.717) is 23.7 Å². The molecular formula is C14H24O2. The normalized spacial score (nSPS) is 42.6. The fraction of sp³-hybridized carbons (Fsp3) is 0.857. The van der Waals surface area contributed by atoms with E-state index in [9.17, 15) is 10.2 Å². The van der Waals surface area contributed by atoms with Gasteiger partial charge in [0.1, 0.15) is 0 Å². The van der Waals surface area contributed by atoms with Crippen molar-refractivity contribution in [3.05, 3.63) is 11.6 Å². The molecule has 0 spiro atoms. The Balaban J connectivity index is 2.32. The molecule has 0 unspecified atom stereocenters. The summed E-state index contributed by atoms with van der Waals surface area (Å²) < 4.78 is 0. The Bertz CT molecular complexity index is 295. The lowest BCUT2D eigenvalue weighted by Crippen LogP contribution is -2.40. The molecule has 2 heteroatoms. The van der Waals surface area contributed by atoms with Crippen LogP contribution in [-0.4, -0.2) is 23.4 Å². The predicted molar refractivity (Wildman–Crippen MR) is 64.9 cm³/mol. The zero-order valence-electron chi connectivity index (χ0n) is 10.6. The van der Waals surface area contributed by atoms with Crippen LogP contribution in [0.3, 0.4) is 0 Å². The Labute approximate surface area is 98.4 Å². The predicted octanol–water partition coefficient (Wildman–Crippen LogP) is 2.22. The van der Waals surface area contributed by atoms with Crippen LogP contribution in [-0.2, 0) is 0 Å². The summed E-state index contributed by atoms with van der Waals surface area (Å²) in [5.74, 6) is 2.15. The number of hydrogen-bond acceptors (Lipinski definition) is 2. The van der Waals surface area contributed by atoms with Crippen LogP contribution in [0.25, 0.3) is 0 Å². The van der Waals surface area contributed by atoms with Crippen molar-refractivity contribution in [3.8, 4) is 0 Å². The maximum atomic E-state index is 9.63. The third kappa shape index (κ3) is 1.54. The van der Waals surface area contributed by atoms with Crippen LogP contribution in [0, 0.1) is 29.1 Å². The molecule has 2 aliphatic rings. The fourth-order valence-electron chi connectivity index (χ4n) is 3.96. The molecule has 0 amide bonds. The highest BCUT2D eigenvalue weighted by Crippen LogP contribution is 2.57. The third-order valence-corrected chi connectivity index (χ3v) is 5.12. The highest BCUT2D eigenvalue weighted by Gasteiger charge is 2.51. The first-order valence-electron chi connectivity index (χ1n) is 6.47. The van der Waals surface area contributed by atoms with Gasteiger partial charge in [0.05, 0.1) is 6.61 Å². The number of rotatable bonds is 3. The van der Waals surface area contributed by atoms with Crippen LogP contribution < -0.4 is 0 Å². The highest BCUT2D eigenvalue weighted by atomic mass is 16.3. The molecule has 0 heterocycles. The van der Waals surface area contributed by atoms with Crippen molar-refractivity contribution < 1.29 is 10.2 Å². The van der Waals surface area contributed by atoms with Crippen molar-refractivity contribution >= 4 is 0 Å². The summed E-state index contributed by atoms with van der Waals surface area (Å²) in [7, 11) is 0. The maximum absolute atomic E-state index is 9.63. The summed E-state index contributed by atoms with van der Waals surface area (Å²) in [5, 5.41) is 19.1. The molecule has 2 nitrogen and oxygen atoms in total. The van der Waals surface area contributed by atoms with Gasteiger partial charge in [-0.1, -0.05) is 26.8 Å². The zero-order valence-corrected chi connectivity index (χ0v) is 10.6. The Morgan fingerprint density at radius 2 is 2.12 bits per heavy atom. The molecule has 16 heavy (non-hydrogen) atoms. The van der Waals surface area contributed by atoms with Crippen molar-refractivity contribution in [3.63, 3.8) is 0 Å². The Hall–Kier alpha value is -0.340. The van der Waals surface area contributed by atoms with Crippen LogP contribution in [0.5, 0.6) is 0 Å². The zero-order chi connectivity index (χ0) is 11.9. The van der Waals surface area contributed by atoms with E-state index in [2.05, 4.69) is 26.8 Å². The van der Waals surface area contributed by atoms with E-state index < -0.39 is 0 Å². The minimum atomic E-state index is 0.0551. The molecular weight excluding hydrogens is 200 g/mol. The van der Waals surface area contributed by atoms with Gasteiger partial charge in [-0.3, -0.25) is 0 Å². The molecule has 0 aliphatic heterocycles. The van der Waals surface area contributed by atoms with E-state index >= 15 is 0 Å². The molecule has 1 fully saturated rings. The third-order valence-electron chi connectivity index (χ3n) is 5.12. The van der Waals surface area contributed by atoms with Gasteiger partial charge >= 0.3 is 0 Å². The molecule has 0 aromatic heterocycles. The lowest BCUT2D eigenvalue weighted by atomic mass is 9.60. The van der Waals surface area contributed by atoms with Crippen LogP contribution in [0.15, 0.2) is 11.6 Å². The minimum Gasteiger partial charge on any atom is -0.396 e. The van der Waals surface area contributed by atoms with Gasteiger partial charge < -0.3 is 10.2 Å². The van der Waals surface area contributed by atoms with Crippen molar-refractivity contribution in [2.24, 2.45) is 29.1 Å². The molecule has 2 bridgehead atoms. The quantitative estimate of drug-likeness (QED) is 0.722. The van der Waals surface area contributed by atoms with Gasteiger partial charge in [0.2, 0.25) is 0 Å². The van der Waals surface area contributed by atoms with E-state index in [1.165, 1.54) is 12.0 Å². The van der Waals surface area contributed by atoms with Crippen molar-refractivity contribution in [2.75, 3.05) is 13.2 Å². The standard InChI is InChI=1S/C14H24O2/c1-9(2)11-4-5-14(3)10(7-15)6-12(11)13(14)8-16/h6,9,11-13,15-16H,4-5,7-8H2,1-3H3/t11-,12+,13+,14+/m1/s1. The van der Waals surface area contributed by atoms with Gasteiger partial charge in [0, 0.05) is 6.61 Å². The van der Waals surface area contributed by atoms with E-state index in [-0.39, 0.29) is 18.6 Å². The second-order valence-electron chi connectivity index (χ2n) is 6.08. The second-order valence-corrected chi connectivity index (χ2v) is 6.08. The van der Waals surface area contributed by atoms with E-state index in [0.717, 1.165) is 6.42 Å². The average molecular weight is 224 g/mol. The minimum absolute atomic E-state index is 0.0551. The highest BCUT2D eigenvalue weighted by molar-refractivity contribution is 5.28. The van der Waals surface area contributed by atoms with Crippen molar-refractivity contribution in [2.45, 2.75) is 33.6 Å². The number of fused-ring (bicyclic) bond motifs is 2. The Morgan fingerprint density at radius 1 is 1.44 bits per heavy atom. The summed E-state index contributed by atoms with van der Waals surface area (Å²) in [6.45, 7) is 7.17. The van der Waals surface area contributed by atoms with Gasteiger partial charge in [-0.2, -0.15) is 0 Å². The number of hydrogen-bond donors (Lipinski definition) is 2. The lowest BCUT2D eigenvalue weighted by Gasteiger charge is -2.45. The first-order chi connectivity index (χ1) is 7.54. The number of aliphatic hydroxyl groups excluding tert-OH is 2. The van der Waals surface area contributed by atoms with Crippen LogP contribution in [0.4, 0.5) is 0 Å². The summed E-state index contributed by atoms with van der Waals surface area (Å²) in [6, 6.07) is 0. The molecule has 0 saturated heterocycles. The number of aliphatic hydroxyl groups is 2. The van der Waals surface area contributed by atoms with Gasteiger partial charge in [-0.15, -0.1) is 0 Å². The molecule has 92 valence electrons. The van der Waals surface area contributed by atoms with Gasteiger partial charge in [0.15, 0.2) is 0 Å². The smallest absolute Gasteiger partial charge is 0.0647 e. The molecule has 0 aromatic rings. The fourth-order valence-corrected chi connectivity index (χ4v) is 3.96. The summed E-state index contributed by atoms with van der Waals surface area (Å²) in [5.41, 5.74) is 1.22. The first-order valence-corrected chi connectivity index (χ1v) is 6.47. The molecule has 0 radical (unpaired) electrons. The van der Waals surface area contributed by atoms with E-state index in [1.54, 1.807) is 0 Å². The second kappa shape index (κ2) is 4.15. The maximum Gasteiger partial charge on any atom is 0.0647 e. The summed E-state index contributed by atoms with van der Waals surface area (Å²) in [4.78, 5) is 0. The van der Waals surface area contributed by atoms with Crippen molar-refractivity contribution in [1.29, 1.82) is 0 Å². The van der Waals surface area contributed by atoms with E-state index in [4.69, 9.17) is 0 Å². The van der Waals surface area contributed by atoms with Gasteiger partial charge in [-0.25, -0.2) is 0 Å². The Morgan fingerprint density at radius 3 is 2.62 bits per heavy atom. The summed E-state index contributed by atoms with van der Waals surface area (Å²) in [6.07, 6.45) is 4.61. The average Bonchev–Trinajstić information content (AvgIpc) is 2.42. The lowest BCUT2D eigenvalue weighted by molar-refractivity contribution is 0.0236. The Kier molecular flexibility index (Phi) is 3.15. The van der Waals surface area contributed by atoms with Crippen LogP contribution in [0.2, 0.25) is 0 Å². The molecule has 0 aromatic carbocycles. The first kappa shape index (κ1) is 12.1.